The molecule has 2 rings (SSSR count). The van der Waals surface area contributed by atoms with E-state index in [9.17, 15) is 24.5 Å². The summed E-state index contributed by atoms with van der Waals surface area (Å²) in [4.78, 5) is 46.4. The van der Waals surface area contributed by atoms with E-state index in [2.05, 4.69) is 10.6 Å². The average molecular weight is 443 g/mol. The lowest BCUT2D eigenvalue weighted by Gasteiger charge is -2.10. The number of carbonyl (C=O) groups is 3. The Balaban J connectivity index is 1.76. The summed E-state index contributed by atoms with van der Waals surface area (Å²) in [6.07, 6.45) is 0.315. The number of benzene rings is 2. The van der Waals surface area contributed by atoms with Crippen LogP contribution < -0.4 is 15.4 Å². The summed E-state index contributed by atoms with van der Waals surface area (Å²) in [5, 5.41) is 16.2. The van der Waals surface area contributed by atoms with Gasteiger partial charge in [0.25, 0.3) is 11.6 Å². The van der Waals surface area contributed by atoms with E-state index in [1.165, 1.54) is 25.3 Å². The van der Waals surface area contributed by atoms with E-state index >= 15 is 0 Å². The van der Waals surface area contributed by atoms with Crippen LogP contribution in [0.4, 0.5) is 17.1 Å². The van der Waals surface area contributed by atoms with Crippen molar-refractivity contribution in [3.63, 3.8) is 0 Å². The van der Waals surface area contributed by atoms with Crippen LogP contribution in [0.2, 0.25) is 0 Å². The van der Waals surface area contributed by atoms with Crippen molar-refractivity contribution in [1.82, 2.24) is 0 Å². The van der Waals surface area contributed by atoms with Gasteiger partial charge in [0, 0.05) is 30.7 Å². The lowest BCUT2D eigenvalue weighted by atomic mass is 10.1. The third-order valence-electron chi connectivity index (χ3n) is 4.49. The van der Waals surface area contributed by atoms with E-state index in [0.29, 0.717) is 5.75 Å². The highest BCUT2D eigenvalue weighted by Crippen LogP contribution is 2.28. The molecule has 0 saturated carbocycles. The largest absolute Gasteiger partial charge is 0.497 e. The van der Waals surface area contributed by atoms with Gasteiger partial charge in [0.05, 0.1) is 12.0 Å². The van der Waals surface area contributed by atoms with Crippen molar-refractivity contribution >= 4 is 34.8 Å². The van der Waals surface area contributed by atoms with Crippen LogP contribution in [-0.2, 0) is 19.1 Å². The molecule has 170 valence electrons. The van der Waals surface area contributed by atoms with Crippen molar-refractivity contribution in [3.8, 4) is 5.75 Å². The number of hydrogen-bond acceptors (Lipinski definition) is 7. The second-order valence-corrected chi connectivity index (χ2v) is 7.07. The monoisotopic (exact) mass is 443 g/mol. The van der Waals surface area contributed by atoms with Crippen molar-refractivity contribution in [2.75, 3.05) is 24.4 Å². The standard InChI is InChI=1S/C22H25N3O7/c1-14-7-8-15(2)17(11-14)23-20(26)5-4-6-22(28)32-13-21(27)24-18-12-16(31-3)9-10-19(18)25(29)30/h7-12H,4-6,13H2,1-3H3,(H,23,26)(H,24,27). The molecule has 2 N–H and O–H groups in total. The summed E-state index contributed by atoms with van der Waals surface area (Å²) in [5.74, 6) is -1.29. The van der Waals surface area contributed by atoms with Crippen LogP contribution >= 0.6 is 0 Å². The zero-order valence-electron chi connectivity index (χ0n) is 18.1. The summed E-state index contributed by atoms with van der Waals surface area (Å²) < 4.78 is 9.87. The summed E-state index contributed by atoms with van der Waals surface area (Å²) in [5.41, 5.74) is 2.29. The van der Waals surface area contributed by atoms with Gasteiger partial charge in [-0.15, -0.1) is 0 Å². The topological polar surface area (TPSA) is 137 Å². The molecule has 2 aromatic carbocycles. The highest BCUT2D eigenvalue weighted by molar-refractivity contribution is 5.95. The molecule has 0 saturated heterocycles. The fourth-order valence-corrected chi connectivity index (χ4v) is 2.78. The normalized spacial score (nSPS) is 10.2. The molecule has 0 radical (unpaired) electrons. The Hall–Kier alpha value is -3.95. The smallest absolute Gasteiger partial charge is 0.306 e. The number of nitro benzene ring substituents is 1. The number of amides is 2. The quantitative estimate of drug-likeness (QED) is 0.326. The average Bonchev–Trinajstić information content (AvgIpc) is 2.74. The molecule has 2 amide bonds. The third-order valence-corrected chi connectivity index (χ3v) is 4.49. The number of anilines is 2. The van der Waals surface area contributed by atoms with Crippen molar-refractivity contribution in [2.45, 2.75) is 33.1 Å². The predicted molar refractivity (Wildman–Crippen MR) is 118 cm³/mol. The van der Waals surface area contributed by atoms with Crippen LogP contribution in [-0.4, -0.2) is 36.4 Å². The number of rotatable bonds is 10. The first-order valence-electron chi connectivity index (χ1n) is 9.84. The van der Waals surface area contributed by atoms with Gasteiger partial charge in [-0.25, -0.2) is 0 Å². The number of ether oxygens (including phenoxy) is 2. The Labute approximate surface area is 185 Å². The van der Waals surface area contributed by atoms with Crippen molar-refractivity contribution < 1.29 is 28.8 Å². The van der Waals surface area contributed by atoms with Crippen LogP contribution in [0.3, 0.4) is 0 Å². The predicted octanol–water partition coefficient (Wildman–Crippen LogP) is 3.51. The minimum Gasteiger partial charge on any atom is -0.497 e. The Morgan fingerprint density at radius 3 is 2.38 bits per heavy atom. The molecule has 0 aliphatic heterocycles. The summed E-state index contributed by atoms with van der Waals surface area (Å²) in [7, 11) is 1.39. The maximum Gasteiger partial charge on any atom is 0.306 e. The van der Waals surface area contributed by atoms with Gasteiger partial charge >= 0.3 is 5.97 Å². The number of carbonyl (C=O) groups excluding carboxylic acids is 3. The number of methoxy groups -OCH3 is 1. The van der Waals surface area contributed by atoms with Crippen LogP contribution in [0.25, 0.3) is 0 Å². The zero-order valence-corrected chi connectivity index (χ0v) is 18.1. The molecule has 32 heavy (non-hydrogen) atoms. The maximum atomic E-state index is 12.1. The molecule has 0 bridgehead atoms. The highest BCUT2D eigenvalue weighted by atomic mass is 16.6. The third kappa shape index (κ3) is 7.38. The van der Waals surface area contributed by atoms with Gasteiger partial charge in [-0.05, 0) is 43.5 Å². The molecule has 0 spiro atoms. The first-order valence-corrected chi connectivity index (χ1v) is 9.84. The second kappa shape index (κ2) is 11.4. The first-order chi connectivity index (χ1) is 15.2. The Morgan fingerprint density at radius 2 is 1.69 bits per heavy atom. The Morgan fingerprint density at radius 1 is 0.969 bits per heavy atom. The van der Waals surface area contributed by atoms with Crippen molar-refractivity contribution in [3.05, 3.63) is 57.6 Å². The molecular formula is C22H25N3O7. The van der Waals surface area contributed by atoms with Gasteiger partial charge in [-0.1, -0.05) is 12.1 Å². The Bertz CT molecular complexity index is 1020. The van der Waals surface area contributed by atoms with Gasteiger partial charge in [-0.3, -0.25) is 24.5 Å². The van der Waals surface area contributed by atoms with Gasteiger partial charge in [0.15, 0.2) is 6.61 Å². The molecule has 10 heteroatoms. The molecular weight excluding hydrogens is 418 g/mol. The lowest BCUT2D eigenvalue weighted by molar-refractivity contribution is -0.383. The number of nitrogens with one attached hydrogen (secondary N) is 2. The number of esters is 1. The van der Waals surface area contributed by atoms with Gasteiger partial charge in [0.1, 0.15) is 11.4 Å². The number of hydrogen-bond donors (Lipinski definition) is 2. The number of nitro groups is 1. The molecule has 0 aliphatic carbocycles. The molecule has 2 aromatic rings. The summed E-state index contributed by atoms with van der Waals surface area (Å²) >= 11 is 0. The Kier molecular flexibility index (Phi) is 8.70. The molecule has 0 atom stereocenters. The molecule has 0 fully saturated rings. The van der Waals surface area contributed by atoms with Crippen LogP contribution in [0.1, 0.15) is 30.4 Å². The molecule has 0 aromatic heterocycles. The minimum atomic E-state index is -0.734. The van der Waals surface area contributed by atoms with Crippen molar-refractivity contribution in [1.29, 1.82) is 0 Å². The van der Waals surface area contributed by atoms with Gasteiger partial charge in [-0.2, -0.15) is 0 Å². The van der Waals surface area contributed by atoms with Crippen LogP contribution in [0.15, 0.2) is 36.4 Å². The molecule has 10 nitrogen and oxygen atoms in total. The maximum absolute atomic E-state index is 12.1. The summed E-state index contributed by atoms with van der Waals surface area (Å²) in [6, 6.07) is 9.62. The first kappa shape index (κ1) is 24.3. The molecule has 0 aliphatic rings. The van der Waals surface area contributed by atoms with E-state index < -0.39 is 23.4 Å². The van der Waals surface area contributed by atoms with E-state index in [-0.39, 0.29) is 36.5 Å². The van der Waals surface area contributed by atoms with Crippen LogP contribution in [0, 0.1) is 24.0 Å². The second-order valence-electron chi connectivity index (χ2n) is 7.07. The minimum absolute atomic E-state index is 0.0488. The highest BCUT2D eigenvalue weighted by Gasteiger charge is 2.18. The van der Waals surface area contributed by atoms with E-state index in [1.54, 1.807) is 0 Å². The van der Waals surface area contributed by atoms with Gasteiger partial charge in [0.2, 0.25) is 5.91 Å². The number of aryl methyl sites for hydroxylation is 2. The number of nitrogens with zero attached hydrogens (tertiary/aromatic N) is 1. The van der Waals surface area contributed by atoms with Crippen LogP contribution in [0.5, 0.6) is 5.75 Å². The summed E-state index contributed by atoms with van der Waals surface area (Å²) in [6.45, 7) is 3.20. The van der Waals surface area contributed by atoms with Gasteiger partial charge < -0.3 is 20.1 Å². The molecule has 0 heterocycles. The zero-order chi connectivity index (χ0) is 23.7. The fraction of sp³-hybridized carbons (Fsp3) is 0.318. The van der Waals surface area contributed by atoms with E-state index in [4.69, 9.17) is 9.47 Å². The SMILES string of the molecule is COc1ccc([N+](=O)[O-])c(NC(=O)COC(=O)CCCC(=O)Nc2cc(C)ccc2C)c1. The van der Waals surface area contributed by atoms with E-state index in [0.717, 1.165) is 16.8 Å². The van der Waals surface area contributed by atoms with E-state index in [1.807, 2.05) is 32.0 Å². The molecule has 0 unspecified atom stereocenters. The fourth-order valence-electron chi connectivity index (χ4n) is 2.78. The van der Waals surface area contributed by atoms with Crippen molar-refractivity contribution in [2.24, 2.45) is 0 Å². The lowest BCUT2D eigenvalue weighted by Crippen LogP contribution is -2.21.